The molecule has 3 amide bonds. The fraction of sp³-hybridized carbons (Fsp3) is 0.500. The summed E-state index contributed by atoms with van der Waals surface area (Å²) in [4.78, 5) is 43.2. The van der Waals surface area contributed by atoms with E-state index < -0.39 is 0 Å². The molecule has 2 aliphatic heterocycles. The smallest absolute Gasteiger partial charge is 0.242 e. The molecule has 4 rings (SSSR count). The number of carbonyl (C=O) groups excluding carboxylic acids is 3. The highest BCUT2D eigenvalue weighted by Crippen LogP contribution is 2.23. The number of carbonyl (C=O) groups is 3. The third-order valence-electron chi connectivity index (χ3n) is 5.03. The van der Waals surface area contributed by atoms with Crippen LogP contribution < -0.4 is 0 Å². The lowest BCUT2D eigenvalue weighted by atomic mass is 9.94. The first kappa shape index (κ1) is 17.8. The second-order valence-electron chi connectivity index (χ2n) is 6.95. The van der Waals surface area contributed by atoms with Gasteiger partial charge in [0, 0.05) is 43.3 Å². The van der Waals surface area contributed by atoms with Crippen LogP contribution >= 0.6 is 11.3 Å². The number of rotatable bonds is 5. The van der Waals surface area contributed by atoms with Gasteiger partial charge in [0.15, 0.2) is 0 Å². The van der Waals surface area contributed by atoms with Crippen molar-refractivity contribution >= 4 is 29.1 Å². The normalized spacial score (nSPS) is 20.5. The first-order valence-electron chi connectivity index (χ1n) is 9.06. The summed E-state index contributed by atoms with van der Waals surface area (Å²) in [6.07, 6.45) is 2.88. The first-order valence-corrected chi connectivity index (χ1v) is 10.0. The van der Waals surface area contributed by atoms with Crippen molar-refractivity contribution in [2.24, 2.45) is 5.92 Å². The zero-order chi connectivity index (χ0) is 18.8. The molecular weight excluding hydrogens is 368 g/mol. The second-order valence-corrected chi connectivity index (χ2v) is 7.73. The highest BCUT2D eigenvalue weighted by Gasteiger charge is 2.33. The van der Waals surface area contributed by atoms with Crippen LogP contribution in [0.25, 0.3) is 11.4 Å². The van der Waals surface area contributed by atoms with Crippen molar-refractivity contribution in [3.8, 4) is 11.4 Å². The van der Waals surface area contributed by atoms with Crippen LogP contribution in [0.2, 0.25) is 0 Å². The molecule has 2 aliphatic rings. The second kappa shape index (κ2) is 7.59. The monoisotopic (exact) mass is 388 g/mol. The van der Waals surface area contributed by atoms with E-state index in [1.165, 1.54) is 0 Å². The average Bonchev–Trinajstić information content (AvgIpc) is 3.40. The van der Waals surface area contributed by atoms with E-state index in [9.17, 15) is 14.4 Å². The summed E-state index contributed by atoms with van der Waals surface area (Å²) in [5.74, 6) is 0.695. The molecule has 9 heteroatoms. The minimum Gasteiger partial charge on any atom is -0.341 e. The van der Waals surface area contributed by atoms with Crippen molar-refractivity contribution in [2.45, 2.75) is 32.1 Å². The van der Waals surface area contributed by atoms with Crippen molar-refractivity contribution < 1.29 is 18.9 Å². The number of piperidine rings is 1. The molecule has 0 saturated carbocycles. The number of nitrogens with zero attached hydrogens (tertiary/aromatic N) is 4. The molecule has 0 radical (unpaired) electrons. The van der Waals surface area contributed by atoms with Gasteiger partial charge in [-0.1, -0.05) is 5.16 Å². The zero-order valence-electron chi connectivity index (χ0n) is 14.8. The Hall–Kier alpha value is -2.55. The number of imide groups is 1. The SMILES string of the molecule is O=C(CN1C(=O)CCC1=O)N1CCCC(Cc2nc(-c3ccsc3)no2)C1. The molecule has 2 aromatic heterocycles. The molecule has 0 bridgehead atoms. The Bertz CT molecular complexity index is 831. The van der Waals surface area contributed by atoms with Crippen LogP contribution in [0.1, 0.15) is 31.6 Å². The highest BCUT2D eigenvalue weighted by molar-refractivity contribution is 7.08. The zero-order valence-corrected chi connectivity index (χ0v) is 15.6. The van der Waals surface area contributed by atoms with E-state index in [1.807, 2.05) is 16.8 Å². The molecule has 2 fully saturated rings. The van der Waals surface area contributed by atoms with Gasteiger partial charge >= 0.3 is 0 Å². The fourth-order valence-electron chi connectivity index (χ4n) is 3.59. The van der Waals surface area contributed by atoms with Crippen LogP contribution in [0.5, 0.6) is 0 Å². The number of amides is 3. The van der Waals surface area contributed by atoms with Gasteiger partial charge in [0.2, 0.25) is 29.4 Å². The molecule has 0 N–H and O–H groups in total. The minimum absolute atomic E-state index is 0.146. The summed E-state index contributed by atoms with van der Waals surface area (Å²) in [6.45, 7) is 1.08. The molecule has 8 nitrogen and oxygen atoms in total. The van der Waals surface area contributed by atoms with Crippen molar-refractivity contribution in [1.29, 1.82) is 0 Å². The molecule has 27 heavy (non-hydrogen) atoms. The van der Waals surface area contributed by atoms with Crippen LogP contribution in [0.15, 0.2) is 21.3 Å². The molecular formula is C18H20N4O4S. The lowest BCUT2D eigenvalue weighted by molar-refractivity contribution is -0.146. The number of likely N-dealkylation sites (tertiary alicyclic amines) is 2. The van der Waals surface area contributed by atoms with Crippen molar-refractivity contribution in [3.05, 3.63) is 22.7 Å². The maximum absolute atomic E-state index is 12.5. The van der Waals surface area contributed by atoms with Crippen LogP contribution in [-0.4, -0.2) is 57.3 Å². The third-order valence-corrected chi connectivity index (χ3v) is 5.71. The van der Waals surface area contributed by atoms with Crippen LogP contribution in [-0.2, 0) is 20.8 Å². The molecule has 0 aromatic carbocycles. The van der Waals surface area contributed by atoms with E-state index >= 15 is 0 Å². The Morgan fingerprint density at radius 2 is 2.11 bits per heavy atom. The fourth-order valence-corrected chi connectivity index (χ4v) is 4.22. The summed E-state index contributed by atoms with van der Waals surface area (Å²) < 4.78 is 5.37. The maximum Gasteiger partial charge on any atom is 0.242 e. The van der Waals surface area contributed by atoms with E-state index in [-0.39, 0.29) is 43.0 Å². The quantitative estimate of drug-likeness (QED) is 0.724. The lowest BCUT2D eigenvalue weighted by Gasteiger charge is -2.33. The third kappa shape index (κ3) is 3.92. The molecule has 0 spiro atoms. The van der Waals surface area contributed by atoms with Crippen molar-refractivity contribution in [1.82, 2.24) is 19.9 Å². The largest absolute Gasteiger partial charge is 0.341 e. The number of hydrogen-bond acceptors (Lipinski definition) is 7. The Morgan fingerprint density at radius 1 is 1.30 bits per heavy atom. The summed E-state index contributed by atoms with van der Waals surface area (Å²) >= 11 is 1.58. The van der Waals surface area contributed by atoms with Gasteiger partial charge in [-0.15, -0.1) is 0 Å². The van der Waals surface area contributed by atoms with Crippen LogP contribution in [0, 0.1) is 5.92 Å². The molecule has 0 aliphatic carbocycles. The topological polar surface area (TPSA) is 96.6 Å². The summed E-state index contributed by atoms with van der Waals surface area (Å²) in [5, 5.41) is 7.95. The van der Waals surface area contributed by atoms with Crippen LogP contribution in [0.3, 0.4) is 0 Å². The average molecular weight is 388 g/mol. The standard InChI is InChI=1S/C18H20N4O4S/c23-15-3-4-16(24)22(15)10-17(25)21-6-1-2-12(9-21)8-14-19-18(20-26-14)13-5-7-27-11-13/h5,7,11-12H,1-4,6,8-10H2. The molecule has 1 unspecified atom stereocenters. The van der Waals surface area contributed by atoms with Gasteiger partial charge in [0.1, 0.15) is 6.54 Å². The van der Waals surface area contributed by atoms with Gasteiger partial charge in [0.25, 0.3) is 0 Å². The molecule has 4 heterocycles. The van der Waals surface area contributed by atoms with Gasteiger partial charge < -0.3 is 9.42 Å². The summed E-state index contributed by atoms with van der Waals surface area (Å²) in [5.41, 5.74) is 0.940. The van der Waals surface area contributed by atoms with E-state index in [2.05, 4.69) is 10.1 Å². The van der Waals surface area contributed by atoms with Crippen LogP contribution in [0.4, 0.5) is 0 Å². The highest BCUT2D eigenvalue weighted by atomic mass is 32.1. The van der Waals surface area contributed by atoms with E-state index in [1.54, 1.807) is 16.2 Å². The predicted octanol–water partition coefficient (Wildman–Crippen LogP) is 1.73. The minimum atomic E-state index is -0.256. The molecule has 2 aromatic rings. The predicted molar refractivity (Wildman–Crippen MR) is 96.6 cm³/mol. The lowest BCUT2D eigenvalue weighted by Crippen LogP contribution is -2.46. The molecule has 1 atom stereocenters. The molecule has 142 valence electrons. The van der Waals surface area contributed by atoms with E-state index in [0.717, 1.165) is 23.3 Å². The summed E-state index contributed by atoms with van der Waals surface area (Å²) in [6, 6.07) is 1.95. The van der Waals surface area contributed by atoms with E-state index in [0.29, 0.717) is 31.2 Å². The Labute approximate surface area is 160 Å². The van der Waals surface area contributed by atoms with Gasteiger partial charge in [-0.3, -0.25) is 19.3 Å². The number of aromatic nitrogens is 2. The van der Waals surface area contributed by atoms with E-state index in [4.69, 9.17) is 4.52 Å². The first-order chi connectivity index (χ1) is 13.1. The number of hydrogen-bond donors (Lipinski definition) is 0. The van der Waals surface area contributed by atoms with Gasteiger partial charge in [-0.25, -0.2) is 0 Å². The van der Waals surface area contributed by atoms with Gasteiger partial charge in [-0.05, 0) is 30.2 Å². The molecule has 2 saturated heterocycles. The Kier molecular flexibility index (Phi) is 5.02. The van der Waals surface area contributed by atoms with Crippen molar-refractivity contribution in [2.75, 3.05) is 19.6 Å². The van der Waals surface area contributed by atoms with Gasteiger partial charge in [-0.2, -0.15) is 16.3 Å². The summed E-state index contributed by atoms with van der Waals surface area (Å²) in [7, 11) is 0. The Morgan fingerprint density at radius 3 is 2.85 bits per heavy atom. The Balaban J connectivity index is 1.35. The maximum atomic E-state index is 12.5. The van der Waals surface area contributed by atoms with Crippen molar-refractivity contribution in [3.63, 3.8) is 0 Å². The van der Waals surface area contributed by atoms with Gasteiger partial charge in [0.05, 0.1) is 0 Å². The number of thiophene rings is 1.